The Morgan fingerprint density at radius 3 is 2.64 bits per heavy atom. The minimum absolute atomic E-state index is 0.0113. The first-order valence-electron chi connectivity index (χ1n) is 7.26. The summed E-state index contributed by atoms with van der Waals surface area (Å²) < 4.78 is 23.1. The Bertz CT molecular complexity index is 660. The lowest BCUT2D eigenvalue weighted by molar-refractivity contribution is 0.174. The molecule has 1 unspecified atom stereocenters. The number of nitriles is 1. The topological polar surface area (TPSA) is 81.4 Å². The van der Waals surface area contributed by atoms with Crippen molar-refractivity contribution in [1.29, 1.82) is 5.26 Å². The zero-order valence-corrected chi connectivity index (χ0v) is 13.2. The highest BCUT2D eigenvalue weighted by Crippen LogP contribution is 2.17. The Labute approximate surface area is 131 Å². The van der Waals surface area contributed by atoms with Crippen molar-refractivity contribution in [2.24, 2.45) is 0 Å². The monoisotopic (exact) mass is 320 g/mol. The molecule has 1 aromatic carbocycles. The third kappa shape index (κ3) is 4.67. The van der Waals surface area contributed by atoms with Crippen LogP contribution in [0.4, 0.5) is 0 Å². The molecule has 0 radical (unpaired) electrons. The van der Waals surface area contributed by atoms with E-state index < -0.39 is 9.84 Å². The van der Waals surface area contributed by atoms with Crippen LogP contribution in [0, 0.1) is 11.3 Å². The van der Waals surface area contributed by atoms with E-state index in [4.69, 9.17) is 10.4 Å². The number of sulfone groups is 1. The van der Waals surface area contributed by atoms with Crippen molar-refractivity contribution in [2.75, 3.05) is 31.2 Å². The molecule has 1 N–H and O–H groups in total. The third-order valence-electron chi connectivity index (χ3n) is 3.80. The van der Waals surface area contributed by atoms with Gasteiger partial charge in [0.1, 0.15) is 0 Å². The van der Waals surface area contributed by atoms with Gasteiger partial charge in [0.2, 0.25) is 0 Å². The maximum atomic E-state index is 11.6. The summed E-state index contributed by atoms with van der Waals surface area (Å²) in [5.74, 6) is 0.413. The van der Waals surface area contributed by atoms with E-state index in [-0.39, 0.29) is 24.2 Å². The first-order chi connectivity index (χ1) is 10.5. The molecule has 22 heavy (non-hydrogen) atoms. The average Bonchev–Trinajstić information content (AvgIpc) is 2.87. The van der Waals surface area contributed by atoms with Crippen LogP contribution < -0.4 is 0 Å². The van der Waals surface area contributed by atoms with E-state index in [9.17, 15) is 8.42 Å². The molecule has 0 saturated carbocycles. The molecule has 1 fully saturated rings. The number of benzene rings is 1. The van der Waals surface area contributed by atoms with E-state index in [1.165, 1.54) is 0 Å². The second kappa shape index (κ2) is 7.54. The van der Waals surface area contributed by atoms with Crippen LogP contribution in [0.15, 0.2) is 30.3 Å². The minimum Gasteiger partial charge on any atom is -0.395 e. The molecule has 1 aliphatic heterocycles. The fraction of sp³-hybridized carbons (Fsp3) is 0.438. The van der Waals surface area contributed by atoms with Crippen molar-refractivity contribution < 1.29 is 13.5 Å². The van der Waals surface area contributed by atoms with Gasteiger partial charge < -0.3 is 5.11 Å². The van der Waals surface area contributed by atoms with Gasteiger partial charge in [0.25, 0.3) is 0 Å². The number of hydrogen-bond donors (Lipinski definition) is 1. The van der Waals surface area contributed by atoms with Gasteiger partial charge in [-0.1, -0.05) is 24.3 Å². The molecule has 1 atom stereocenters. The maximum absolute atomic E-state index is 11.6. The summed E-state index contributed by atoms with van der Waals surface area (Å²) in [7, 11) is -2.92. The van der Waals surface area contributed by atoms with Crippen molar-refractivity contribution in [2.45, 2.75) is 12.5 Å². The lowest BCUT2D eigenvalue weighted by Crippen LogP contribution is -2.38. The molecule has 0 spiro atoms. The lowest BCUT2D eigenvalue weighted by atomic mass is 10.1. The highest BCUT2D eigenvalue weighted by Gasteiger charge is 2.31. The van der Waals surface area contributed by atoms with Gasteiger partial charge in [0.15, 0.2) is 9.84 Å². The number of aliphatic hydroxyl groups is 1. The fourth-order valence-electron chi connectivity index (χ4n) is 2.61. The molecule has 1 aromatic rings. The Hall–Kier alpha value is -1.68. The molecule has 0 aliphatic carbocycles. The van der Waals surface area contributed by atoms with Crippen molar-refractivity contribution >= 4 is 15.9 Å². The van der Waals surface area contributed by atoms with E-state index in [2.05, 4.69) is 6.07 Å². The molecule has 6 heteroatoms. The molecule has 0 aromatic heterocycles. The summed E-state index contributed by atoms with van der Waals surface area (Å²) in [6.45, 7) is 1.08. The van der Waals surface area contributed by atoms with Gasteiger partial charge >= 0.3 is 0 Å². The first-order valence-corrected chi connectivity index (χ1v) is 9.08. The molecule has 1 saturated heterocycles. The Morgan fingerprint density at radius 1 is 1.36 bits per heavy atom. The predicted molar refractivity (Wildman–Crippen MR) is 85.9 cm³/mol. The molecular formula is C16H20N2O3S. The van der Waals surface area contributed by atoms with E-state index in [0.29, 0.717) is 25.1 Å². The standard InChI is InChI=1S/C16H20N2O3S/c17-12-15-5-3-14(4-6-15)2-1-8-18(9-10-19)16-7-11-22(20,21)13-16/h1-6,16,19H,7-11,13H2/b2-1+. The van der Waals surface area contributed by atoms with Crippen LogP contribution in [-0.2, 0) is 9.84 Å². The average molecular weight is 320 g/mol. The van der Waals surface area contributed by atoms with E-state index >= 15 is 0 Å². The number of hydrogen-bond acceptors (Lipinski definition) is 5. The Kier molecular flexibility index (Phi) is 5.72. The normalized spacial score (nSPS) is 20.5. The largest absolute Gasteiger partial charge is 0.395 e. The van der Waals surface area contributed by atoms with E-state index in [0.717, 1.165) is 5.56 Å². The van der Waals surface area contributed by atoms with Crippen molar-refractivity contribution in [1.82, 2.24) is 4.90 Å². The maximum Gasteiger partial charge on any atom is 0.151 e. The zero-order chi connectivity index (χ0) is 16.0. The smallest absolute Gasteiger partial charge is 0.151 e. The van der Waals surface area contributed by atoms with Crippen LogP contribution in [0.3, 0.4) is 0 Å². The van der Waals surface area contributed by atoms with Crippen LogP contribution in [0.2, 0.25) is 0 Å². The summed E-state index contributed by atoms with van der Waals surface area (Å²) in [6.07, 6.45) is 4.53. The van der Waals surface area contributed by atoms with E-state index in [1.807, 2.05) is 29.2 Å². The fourth-order valence-corrected chi connectivity index (χ4v) is 4.37. The summed E-state index contributed by atoms with van der Waals surface area (Å²) in [6, 6.07) is 9.31. The third-order valence-corrected chi connectivity index (χ3v) is 5.55. The van der Waals surface area contributed by atoms with Gasteiger partial charge in [-0.3, -0.25) is 4.90 Å². The number of aliphatic hydroxyl groups excluding tert-OH is 1. The molecule has 0 amide bonds. The number of nitrogens with zero attached hydrogens (tertiary/aromatic N) is 2. The zero-order valence-electron chi connectivity index (χ0n) is 12.4. The molecule has 118 valence electrons. The van der Waals surface area contributed by atoms with Crippen molar-refractivity contribution in [3.05, 3.63) is 41.5 Å². The van der Waals surface area contributed by atoms with E-state index in [1.54, 1.807) is 12.1 Å². The minimum atomic E-state index is -2.92. The Morgan fingerprint density at radius 2 is 2.09 bits per heavy atom. The van der Waals surface area contributed by atoms with Crippen LogP contribution in [-0.4, -0.2) is 55.7 Å². The van der Waals surface area contributed by atoms with Crippen LogP contribution in [0.25, 0.3) is 6.08 Å². The van der Waals surface area contributed by atoms with Gasteiger partial charge in [-0.2, -0.15) is 5.26 Å². The lowest BCUT2D eigenvalue weighted by Gasteiger charge is -2.25. The summed E-state index contributed by atoms with van der Waals surface area (Å²) in [5.41, 5.74) is 1.61. The molecule has 5 nitrogen and oxygen atoms in total. The van der Waals surface area contributed by atoms with Gasteiger partial charge in [0, 0.05) is 19.1 Å². The summed E-state index contributed by atoms with van der Waals surface area (Å²) >= 11 is 0. The quantitative estimate of drug-likeness (QED) is 0.847. The summed E-state index contributed by atoms with van der Waals surface area (Å²) in [5, 5.41) is 17.9. The predicted octanol–water partition coefficient (Wildman–Crippen LogP) is 1.05. The highest BCUT2D eigenvalue weighted by molar-refractivity contribution is 7.91. The summed E-state index contributed by atoms with van der Waals surface area (Å²) in [4.78, 5) is 2.00. The number of rotatable bonds is 6. The van der Waals surface area contributed by atoms with Crippen LogP contribution >= 0.6 is 0 Å². The van der Waals surface area contributed by atoms with Gasteiger partial charge in [-0.15, -0.1) is 0 Å². The Balaban J connectivity index is 1.96. The molecule has 0 bridgehead atoms. The van der Waals surface area contributed by atoms with Gasteiger partial charge in [-0.25, -0.2) is 8.42 Å². The van der Waals surface area contributed by atoms with Crippen LogP contribution in [0.1, 0.15) is 17.5 Å². The van der Waals surface area contributed by atoms with Gasteiger partial charge in [0.05, 0.1) is 29.7 Å². The second-order valence-corrected chi connectivity index (χ2v) is 7.64. The SMILES string of the molecule is N#Cc1ccc(/C=C/CN(CCO)C2CCS(=O)(=O)C2)cc1. The molecular weight excluding hydrogens is 300 g/mol. The van der Waals surface area contributed by atoms with Crippen LogP contribution in [0.5, 0.6) is 0 Å². The first kappa shape index (κ1) is 16.7. The molecule has 1 aliphatic rings. The van der Waals surface area contributed by atoms with Gasteiger partial charge in [-0.05, 0) is 24.1 Å². The second-order valence-electron chi connectivity index (χ2n) is 5.41. The molecule has 1 heterocycles. The highest BCUT2D eigenvalue weighted by atomic mass is 32.2. The molecule has 2 rings (SSSR count). The van der Waals surface area contributed by atoms with Crippen molar-refractivity contribution in [3.8, 4) is 6.07 Å². The van der Waals surface area contributed by atoms with Crippen molar-refractivity contribution in [3.63, 3.8) is 0 Å².